The van der Waals surface area contributed by atoms with Crippen LogP contribution in [0.1, 0.15) is 38.3 Å². The van der Waals surface area contributed by atoms with Gasteiger partial charge in [0.15, 0.2) is 5.13 Å². The predicted molar refractivity (Wildman–Crippen MR) is 133 cm³/mol. The molecular formula is C25H27FN4O4S. The molecule has 0 aliphatic heterocycles. The number of hydrogen-bond donors (Lipinski definition) is 2. The van der Waals surface area contributed by atoms with Crippen LogP contribution < -0.4 is 20.3 Å². The number of carbonyl (C=O) groups excluding carboxylic acids is 3. The SMILES string of the molecule is COc1ccc([C@@H](C(=O)NC(C)C)N(C(=O)CCC(=O)Nc2nccs2)c2ccccc2F)cc1. The Morgan fingerprint density at radius 2 is 1.80 bits per heavy atom. The minimum Gasteiger partial charge on any atom is -0.497 e. The van der Waals surface area contributed by atoms with Crippen LogP contribution in [0.5, 0.6) is 5.75 Å². The Morgan fingerprint density at radius 1 is 1.09 bits per heavy atom. The smallest absolute Gasteiger partial charge is 0.248 e. The zero-order chi connectivity index (χ0) is 25.4. The van der Waals surface area contributed by atoms with Crippen LogP contribution in [-0.2, 0) is 14.4 Å². The molecule has 3 aromatic rings. The lowest BCUT2D eigenvalue weighted by molar-refractivity contribution is -0.127. The van der Waals surface area contributed by atoms with Crippen molar-refractivity contribution in [3.05, 3.63) is 71.5 Å². The third kappa shape index (κ3) is 6.86. The summed E-state index contributed by atoms with van der Waals surface area (Å²) in [7, 11) is 1.52. The van der Waals surface area contributed by atoms with E-state index in [1.54, 1.807) is 55.8 Å². The maximum absolute atomic E-state index is 14.9. The van der Waals surface area contributed by atoms with Crippen molar-refractivity contribution in [3.63, 3.8) is 0 Å². The Morgan fingerprint density at radius 3 is 2.40 bits per heavy atom. The van der Waals surface area contributed by atoms with E-state index in [0.29, 0.717) is 16.4 Å². The molecule has 3 amide bonds. The second-order valence-corrected chi connectivity index (χ2v) is 8.83. The van der Waals surface area contributed by atoms with Gasteiger partial charge in [-0.15, -0.1) is 11.3 Å². The number of benzene rings is 2. The number of hydrogen-bond acceptors (Lipinski definition) is 6. The van der Waals surface area contributed by atoms with Crippen LogP contribution in [0.25, 0.3) is 0 Å². The van der Waals surface area contributed by atoms with E-state index in [1.807, 2.05) is 0 Å². The highest BCUT2D eigenvalue weighted by atomic mass is 32.1. The Hall–Kier alpha value is -3.79. The van der Waals surface area contributed by atoms with Crippen molar-refractivity contribution in [2.75, 3.05) is 17.3 Å². The fraction of sp³-hybridized carbons (Fsp3) is 0.280. The summed E-state index contributed by atoms with van der Waals surface area (Å²) in [4.78, 5) is 44.3. The third-order valence-corrected chi connectivity index (χ3v) is 5.68. The summed E-state index contributed by atoms with van der Waals surface area (Å²) in [6, 6.07) is 11.0. The molecule has 2 aromatic carbocycles. The van der Waals surface area contributed by atoms with Crippen molar-refractivity contribution >= 4 is 39.9 Å². The molecule has 1 atom stereocenters. The predicted octanol–water partition coefficient (Wildman–Crippen LogP) is 4.31. The van der Waals surface area contributed by atoms with Gasteiger partial charge in [0.1, 0.15) is 17.6 Å². The van der Waals surface area contributed by atoms with Crippen LogP contribution in [0.15, 0.2) is 60.1 Å². The first kappa shape index (κ1) is 25.8. The number of amides is 3. The van der Waals surface area contributed by atoms with E-state index < -0.39 is 29.6 Å². The van der Waals surface area contributed by atoms with Crippen LogP contribution in [0, 0.1) is 5.82 Å². The zero-order valence-electron chi connectivity index (χ0n) is 19.7. The maximum atomic E-state index is 14.9. The summed E-state index contributed by atoms with van der Waals surface area (Å²) >= 11 is 1.25. The minimum absolute atomic E-state index is 0.0578. The fourth-order valence-corrected chi connectivity index (χ4v) is 3.98. The second kappa shape index (κ2) is 12.1. The van der Waals surface area contributed by atoms with Gasteiger partial charge < -0.3 is 15.4 Å². The number of thiazole rings is 1. The van der Waals surface area contributed by atoms with Crippen molar-refractivity contribution in [3.8, 4) is 5.75 Å². The Bertz CT molecular complexity index is 1150. The van der Waals surface area contributed by atoms with Gasteiger partial charge in [0.25, 0.3) is 0 Å². The summed E-state index contributed by atoms with van der Waals surface area (Å²) in [6.07, 6.45) is 1.15. The number of anilines is 2. The number of para-hydroxylation sites is 1. The molecule has 0 radical (unpaired) electrons. The van der Waals surface area contributed by atoms with Crippen LogP contribution in [0.3, 0.4) is 0 Å². The molecule has 0 fully saturated rings. The molecule has 35 heavy (non-hydrogen) atoms. The second-order valence-electron chi connectivity index (χ2n) is 7.94. The van der Waals surface area contributed by atoms with E-state index in [4.69, 9.17) is 4.74 Å². The third-order valence-electron chi connectivity index (χ3n) is 4.99. The van der Waals surface area contributed by atoms with Gasteiger partial charge in [0, 0.05) is 30.5 Å². The zero-order valence-corrected chi connectivity index (χ0v) is 20.5. The molecule has 184 valence electrons. The Balaban J connectivity index is 1.96. The van der Waals surface area contributed by atoms with E-state index in [-0.39, 0.29) is 24.6 Å². The van der Waals surface area contributed by atoms with Gasteiger partial charge in [0.2, 0.25) is 17.7 Å². The van der Waals surface area contributed by atoms with Gasteiger partial charge in [-0.3, -0.25) is 19.3 Å². The number of carbonyl (C=O) groups is 3. The van der Waals surface area contributed by atoms with Crippen LogP contribution in [0.4, 0.5) is 15.2 Å². The molecule has 1 aromatic heterocycles. The molecule has 0 unspecified atom stereocenters. The van der Waals surface area contributed by atoms with Crippen LogP contribution in [-0.4, -0.2) is 35.9 Å². The van der Waals surface area contributed by atoms with E-state index in [2.05, 4.69) is 15.6 Å². The molecule has 1 heterocycles. The number of aromatic nitrogens is 1. The van der Waals surface area contributed by atoms with Crippen LogP contribution >= 0.6 is 11.3 Å². The fourth-order valence-electron chi connectivity index (χ4n) is 3.44. The Labute approximate surface area is 207 Å². The van der Waals surface area contributed by atoms with Gasteiger partial charge in [0.05, 0.1) is 12.8 Å². The van der Waals surface area contributed by atoms with E-state index in [1.165, 1.54) is 36.6 Å². The van der Waals surface area contributed by atoms with Crippen molar-refractivity contribution in [2.45, 2.75) is 38.8 Å². The normalized spacial score (nSPS) is 11.6. The quantitative estimate of drug-likeness (QED) is 0.434. The molecule has 0 bridgehead atoms. The molecule has 0 aliphatic carbocycles. The number of nitrogens with one attached hydrogen (secondary N) is 2. The standard InChI is InChI=1S/C25H27FN4O4S/c1-16(2)28-24(33)23(17-8-10-18(34-3)11-9-17)30(20-7-5-4-6-19(20)26)22(32)13-12-21(31)29-25-27-14-15-35-25/h4-11,14-16,23H,12-13H2,1-3H3,(H,28,33)(H,27,29,31)/t23-/m0/s1. The van der Waals surface area contributed by atoms with E-state index in [9.17, 15) is 18.8 Å². The van der Waals surface area contributed by atoms with E-state index >= 15 is 0 Å². The highest BCUT2D eigenvalue weighted by Crippen LogP contribution is 2.32. The first-order valence-electron chi connectivity index (χ1n) is 11.0. The molecule has 2 N–H and O–H groups in total. The summed E-state index contributed by atoms with van der Waals surface area (Å²) in [6.45, 7) is 3.59. The minimum atomic E-state index is -1.17. The first-order valence-corrected chi connectivity index (χ1v) is 11.9. The van der Waals surface area contributed by atoms with Gasteiger partial charge in [-0.25, -0.2) is 9.37 Å². The average molecular weight is 499 g/mol. The number of rotatable bonds is 10. The van der Waals surface area contributed by atoms with Crippen molar-refractivity contribution in [1.82, 2.24) is 10.3 Å². The first-order chi connectivity index (χ1) is 16.8. The molecule has 10 heteroatoms. The molecule has 0 spiro atoms. The largest absolute Gasteiger partial charge is 0.497 e. The molecule has 0 saturated carbocycles. The number of halogens is 1. The molecular weight excluding hydrogens is 471 g/mol. The summed E-state index contributed by atoms with van der Waals surface area (Å²) in [5, 5.41) is 7.57. The van der Waals surface area contributed by atoms with E-state index in [0.717, 1.165) is 4.90 Å². The highest BCUT2D eigenvalue weighted by Gasteiger charge is 2.34. The van der Waals surface area contributed by atoms with Gasteiger partial charge in [-0.2, -0.15) is 0 Å². The lowest BCUT2D eigenvalue weighted by Crippen LogP contribution is -2.46. The monoisotopic (exact) mass is 498 g/mol. The maximum Gasteiger partial charge on any atom is 0.248 e. The van der Waals surface area contributed by atoms with Crippen molar-refractivity contribution in [1.29, 1.82) is 0 Å². The number of ether oxygens (including phenoxy) is 1. The Kier molecular flexibility index (Phi) is 8.91. The summed E-state index contributed by atoms with van der Waals surface area (Å²) in [5.41, 5.74) is 0.408. The van der Waals surface area contributed by atoms with Gasteiger partial charge >= 0.3 is 0 Å². The van der Waals surface area contributed by atoms with Crippen molar-refractivity contribution in [2.24, 2.45) is 0 Å². The molecule has 8 nitrogen and oxygen atoms in total. The lowest BCUT2D eigenvalue weighted by Gasteiger charge is -2.32. The summed E-state index contributed by atoms with van der Waals surface area (Å²) < 4.78 is 20.1. The summed E-state index contributed by atoms with van der Waals surface area (Å²) in [5.74, 6) is -1.56. The van der Waals surface area contributed by atoms with Gasteiger partial charge in [-0.05, 0) is 43.7 Å². The highest BCUT2D eigenvalue weighted by molar-refractivity contribution is 7.13. The topological polar surface area (TPSA) is 101 Å². The van der Waals surface area contributed by atoms with Gasteiger partial charge in [-0.1, -0.05) is 24.3 Å². The molecule has 0 aliphatic rings. The number of nitrogens with zero attached hydrogens (tertiary/aromatic N) is 2. The molecule has 3 rings (SSSR count). The lowest BCUT2D eigenvalue weighted by atomic mass is 10.0. The molecule has 0 saturated heterocycles. The average Bonchev–Trinajstić information content (AvgIpc) is 3.34. The number of methoxy groups -OCH3 is 1. The van der Waals surface area contributed by atoms with Crippen LogP contribution in [0.2, 0.25) is 0 Å². The van der Waals surface area contributed by atoms with Crippen molar-refractivity contribution < 1.29 is 23.5 Å².